The van der Waals surface area contributed by atoms with Crippen LogP contribution in [0.4, 0.5) is 0 Å². The van der Waals surface area contributed by atoms with E-state index in [4.69, 9.17) is 11.6 Å². The Morgan fingerprint density at radius 3 is 3.00 bits per heavy atom. The highest BCUT2D eigenvalue weighted by molar-refractivity contribution is 9.11. The maximum Gasteiger partial charge on any atom is 0.174 e. The molecule has 0 fully saturated rings. The first-order chi connectivity index (χ1) is 4.61. The number of likely N-dealkylation sites (N-methyl/N-ethyl adjacent to an activating group) is 1. The van der Waals surface area contributed by atoms with E-state index >= 15 is 0 Å². The summed E-state index contributed by atoms with van der Waals surface area (Å²) in [6.45, 7) is 0. The summed E-state index contributed by atoms with van der Waals surface area (Å²) < 4.78 is 0.620. The lowest BCUT2D eigenvalue weighted by atomic mass is 10.4. The van der Waals surface area contributed by atoms with E-state index in [1.165, 1.54) is 5.01 Å². The first-order valence-electron chi connectivity index (χ1n) is 2.63. The van der Waals surface area contributed by atoms with Crippen molar-refractivity contribution in [3.8, 4) is 0 Å². The Morgan fingerprint density at radius 2 is 2.50 bits per heavy atom. The van der Waals surface area contributed by atoms with Gasteiger partial charge in [0.2, 0.25) is 0 Å². The van der Waals surface area contributed by atoms with Crippen LogP contribution in [-0.2, 0) is 0 Å². The van der Waals surface area contributed by atoms with Gasteiger partial charge in [0.25, 0.3) is 0 Å². The molecule has 0 radical (unpaired) electrons. The number of rotatable bonds is 0. The molecule has 0 aromatic rings. The van der Waals surface area contributed by atoms with Crippen LogP contribution in [0.25, 0.3) is 0 Å². The molecule has 5 heteroatoms. The second kappa shape index (κ2) is 2.90. The number of nitrogens with zero attached hydrogens (tertiary/aromatic N) is 2. The van der Waals surface area contributed by atoms with Crippen molar-refractivity contribution in [1.29, 1.82) is 0 Å². The Bertz CT molecular complexity index is 204. The largest absolute Gasteiger partial charge is 0.368 e. The van der Waals surface area contributed by atoms with Gasteiger partial charge in [-0.2, -0.15) is 5.10 Å². The van der Waals surface area contributed by atoms with Gasteiger partial charge < -0.3 is 5.11 Å². The van der Waals surface area contributed by atoms with Crippen LogP contribution in [0.15, 0.2) is 15.7 Å². The van der Waals surface area contributed by atoms with Crippen LogP contribution in [0.5, 0.6) is 0 Å². The number of hydrogen-bond donors (Lipinski definition) is 1. The van der Waals surface area contributed by atoms with Gasteiger partial charge in [0.05, 0.1) is 0 Å². The Labute approximate surface area is 72.1 Å². The zero-order chi connectivity index (χ0) is 7.72. The minimum Gasteiger partial charge on any atom is -0.368 e. The summed E-state index contributed by atoms with van der Waals surface area (Å²) in [6, 6.07) is 0. The van der Waals surface area contributed by atoms with Gasteiger partial charge in [-0.25, -0.2) is 0 Å². The van der Waals surface area contributed by atoms with E-state index in [9.17, 15) is 5.11 Å². The standard InChI is InChI=1S/C5H6BrClN2O/c1-9-5(10)3(6)2-4(7)8-9/h2,5,10H,1H3. The zero-order valence-electron chi connectivity index (χ0n) is 5.25. The molecule has 0 bridgehead atoms. The monoisotopic (exact) mass is 224 g/mol. The van der Waals surface area contributed by atoms with Gasteiger partial charge in [-0.15, -0.1) is 0 Å². The number of halogens is 2. The minimum atomic E-state index is -0.706. The molecule has 1 N–H and O–H groups in total. The van der Waals surface area contributed by atoms with Crippen LogP contribution >= 0.6 is 27.5 Å². The molecule has 0 spiro atoms. The number of hydrogen-bond acceptors (Lipinski definition) is 3. The van der Waals surface area contributed by atoms with Crippen LogP contribution in [0.2, 0.25) is 0 Å². The first kappa shape index (κ1) is 8.04. The van der Waals surface area contributed by atoms with E-state index in [2.05, 4.69) is 21.0 Å². The molecule has 0 aromatic carbocycles. The van der Waals surface area contributed by atoms with Crippen LogP contribution in [0.3, 0.4) is 0 Å². The molecule has 3 nitrogen and oxygen atoms in total. The molecule has 1 rings (SSSR count). The summed E-state index contributed by atoms with van der Waals surface area (Å²) in [5.74, 6) is 0. The summed E-state index contributed by atoms with van der Waals surface area (Å²) in [4.78, 5) is 0. The summed E-state index contributed by atoms with van der Waals surface area (Å²) in [5.41, 5.74) is 0. The maximum atomic E-state index is 9.21. The third kappa shape index (κ3) is 1.51. The molecule has 10 heavy (non-hydrogen) atoms. The van der Waals surface area contributed by atoms with E-state index in [-0.39, 0.29) is 0 Å². The second-order valence-corrected chi connectivity index (χ2v) is 3.20. The van der Waals surface area contributed by atoms with Gasteiger partial charge in [-0.1, -0.05) is 27.5 Å². The van der Waals surface area contributed by atoms with Gasteiger partial charge in [0.15, 0.2) is 6.23 Å². The van der Waals surface area contributed by atoms with Crippen molar-refractivity contribution in [1.82, 2.24) is 5.01 Å². The average molecular weight is 225 g/mol. The predicted molar refractivity (Wildman–Crippen MR) is 44.1 cm³/mol. The normalized spacial score (nSPS) is 26.0. The Morgan fingerprint density at radius 1 is 1.90 bits per heavy atom. The summed E-state index contributed by atoms with van der Waals surface area (Å²) in [7, 11) is 1.64. The van der Waals surface area contributed by atoms with Gasteiger partial charge in [-0.3, -0.25) is 5.01 Å². The van der Waals surface area contributed by atoms with Crippen molar-refractivity contribution in [3.63, 3.8) is 0 Å². The van der Waals surface area contributed by atoms with Crippen molar-refractivity contribution in [2.45, 2.75) is 6.23 Å². The maximum absolute atomic E-state index is 9.21. The molecule has 56 valence electrons. The van der Waals surface area contributed by atoms with Crippen molar-refractivity contribution in [2.75, 3.05) is 7.05 Å². The fourth-order valence-electron chi connectivity index (χ4n) is 0.601. The molecule has 1 aliphatic heterocycles. The number of hydrazone groups is 1. The van der Waals surface area contributed by atoms with Crippen molar-refractivity contribution in [2.24, 2.45) is 5.10 Å². The number of aliphatic hydroxyl groups is 1. The highest BCUT2D eigenvalue weighted by Gasteiger charge is 2.17. The highest BCUT2D eigenvalue weighted by atomic mass is 79.9. The van der Waals surface area contributed by atoms with Gasteiger partial charge in [0, 0.05) is 11.5 Å². The van der Waals surface area contributed by atoms with E-state index in [1.807, 2.05) is 0 Å². The lowest BCUT2D eigenvalue weighted by Crippen LogP contribution is -2.30. The molecule has 1 heterocycles. The quantitative estimate of drug-likeness (QED) is 0.670. The fourth-order valence-corrected chi connectivity index (χ4v) is 1.48. The Hall–Kier alpha value is -0.0600. The zero-order valence-corrected chi connectivity index (χ0v) is 7.59. The van der Waals surface area contributed by atoms with Crippen molar-refractivity contribution >= 4 is 32.7 Å². The topological polar surface area (TPSA) is 35.8 Å². The fraction of sp³-hybridized carbons (Fsp3) is 0.400. The minimum absolute atomic E-state index is 0.361. The number of allylic oxidation sites excluding steroid dienone is 1. The van der Waals surface area contributed by atoms with E-state index < -0.39 is 6.23 Å². The molecule has 0 aromatic heterocycles. The smallest absolute Gasteiger partial charge is 0.174 e. The third-order valence-corrected chi connectivity index (χ3v) is 1.93. The lowest BCUT2D eigenvalue weighted by molar-refractivity contribution is 0.0612. The first-order valence-corrected chi connectivity index (χ1v) is 3.80. The molecular weight excluding hydrogens is 219 g/mol. The van der Waals surface area contributed by atoms with Crippen molar-refractivity contribution in [3.05, 3.63) is 10.6 Å². The van der Waals surface area contributed by atoms with Crippen LogP contribution in [0.1, 0.15) is 0 Å². The van der Waals surface area contributed by atoms with Crippen LogP contribution in [0, 0.1) is 0 Å². The molecular formula is C5H6BrClN2O. The van der Waals surface area contributed by atoms with E-state index in [0.29, 0.717) is 9.65 Å². The van der Waals surface area contributed by atoms with E-state index in [0.717, 1.165) is 0 Å². The highest BCUT2D eigenvalue weighted by Crippen LogP contribution is 2.19. The molecule has 0 saturated carbocycles. The summed E-state index contributed by atoms with van der Waals surface area (Å²) in [6.07, 6.45) is 0.856. The number of aliphatic hydroxyl groups excluding tert-OH is 1. The Balaban J connectivity index is 2.85. The van der Waals surface area contributed by atoms with E-state index in [1.54, 1.807) is 13.1 Å². The van der Waals surface area contributed by atoms with Gasteiger partial charge in [0.1, 0.15) is 5.17 Å². The lowest BCUT2D eigenvalue weighted by Gasteiger charge is -2.23. The van der Waals surface area contributed by atoms with Crippen LogP contribution < -0.4 is 0 Å². The van der Waals surface area contributed by atoms with Crippen molar-refractivity contribution < 1.29 is 5.11 Å². The summed E-state index contributed by atoms with van der Waals surface area (Å²) in [5, 5.41) is 14.7. The summed E-state index contributed by atoms with van der Waals surface area (Å²) >= 11 is 8.70. The molecule has 1 atom stereocenters. The molecule has 1 aliphatic rings. The van der Waals surface area contributed by atoms with Gasteiger partial charge >= 0.3 is 0 Å². The molecule has 1 unspecified atom stereocenters. The molecule has 0 aliphatic carbocycles. The Kier molecular flexibility index (Phi) is 2.33. The van der Waals surface area contributed by atoms with Gasteiger partial charge in [-0.05, 0) is 6.08 Å². The molecule has 0 saturated heterocycles. The average Bonchev–Trinajstić information content (AvgIpc) is 1.82. The second-order valence-electron chi connectivity index (χ2n) is 1.90. The predicted octanol–water partition coefficient (Wildman–Crippen LogP) is 1.08. The van der Waals surface area contributed by atoms with Crippen LogP contribution in [-0.4, -0.2) is 28.6 Å². The third-order valence-electron chi connectivity index (χ3n) is 1.11. The molecule has 0 amide bonds. The SMILES string of the molecule is CN1N=C(Cl)C=C(Br)C1O.